The SMILES string of the molecule is NCC1(c2nc3c(F)cccc3[nH]2)CCC1. The third-order valence-electron chi connectivity index (χ3n) is 3.67. The van der Waals surface area contributed by atoms with E-state index in [9.17, 15) is 4.39 Å². The molecular formula is C12H14FN3. The van der Waals surface area contributed by atoms with Crippen LogP contribution in [-0.2, 0) is 5.41 Å². The summed E-state index contributed by atoms with van der Waals surface area (Å²) in [5.74, 6) is 0.577. The number of benzene rings is 1. The van der Waals surface area contributed by atoms with Crippen LogP contribution in [0.1, 0.15) is 25.1 Å². The Kier molecular flexibility index (Phi) is 2.01. The quantitative estimate of drug-likeness (QED) is 0.812. The molecule has 0 bridgehead atoms. The Morgan fingerprint density at radius 2 is 2.25 bits per heavy atom. The molecule has 0 radical (unpaired) electrons. The van der Waals surface area contributed by atoms with Crippen molar-refractivity contribution in [2.24, 2.45) is 5.73 Å². The highest BCUT2D eigenvalue weighted by Crippen LogP contribution is 2.42. The van der Waals surface area contributed by atoms with Crippen LogP contribution in [0.4, 0.5) is 4.39 Å². The van der Waals surface area contributed by atoms with Gasteiger partial charge >= 0.3 is 0 Å². The molecule has 1 aliphatic carbocycles. The summed E-state index contributed by atoms with van der Waals surface area (Å²) in [5.41, 5.74) is 6.96. The highest BCUT2D eigenvalue weighted by Gasteiger charge is 2.40. The van der Waals surface area contributed by atoms with Crippen molar-refractivity contribution < 1.29 is 4.39 Å². The predicted octanol–water partition coefficient (Wildman–Crippen LogP) is 2.08. The number of nitrogens with one attached hydrogen (secondary N) is 1. The smallest absolute Gasteiger partial charge is 0.151 e. The molecule has 0 aliphatic heterocycles. The fraction of sp³-hybridized carbons (Fsp3) is 0.417. The second-order valence-corrected chi connectivity index (χ2v) is 4.56. The van der Waals surface area contributed by atoms with Crippen molar-refractivity contribution in [3.8, 4) is 0 Å². The number of H-pyrrole nitrogens is 1. The third-order valence-corrected chi connectivity index (χ3v) is 3.67. The molecule has 0 amide bonds. The highest BCUT2D eigenvalue weighted by molar-refractivity contribution is 5.75. The van der Waals surface area contributed by atoms with Gasteiger partial charge in [-0.25, -0.2) is 9.37 Å². The van der Waals surface area contributed by atoms with Gasteiger partial charge in [-0.3, -0.25) is 0 Å². The van der Waals surface area contributed by atoms with E-state index < -0.39 is 0 Å². The van der Waals surface area contributed by atoms with Crippen molar-refractivity contribution in [2.75, 3.05) is 6.54 Å². The first kappa shape index (κ1) is 9.78. The van der Waals surface area contributed by atoms with E-state index in [1.807, 2.05) is 6.07 Å². The van der Waals surface area contributed by atoms with Crippen LogP contribution in [0.25, 0.3) is 11.0 Å². The van der Waals surface area contributed by atoms with Crippen molar-refractivity contribution in [2.45, 2.75) is 24.7 Å². The largest absolute Gasteiger partial charge is 0.341 e. The van der Waals surface area contributed by atoms with E-state index in [1.54, 1.807) is 6.07 Å². The highest BCUT2D eigenvalue weighted by atomic mass is 19.1. The molecular weight excluding hydrogens is 205 g/mol. The van der Waals surface area contributed by atoms with Crippen molar-refractivity contribution in [3.63, 3.8) is 0 Å². The molecule has 1 aromatic carbocycles. The Balaban J connectivity index is 2.15. The second kappa shape index (κ2) is 3.28. The number of imidazole rings is 1. The number of aromatic nitrogens is 2. The predicted molar refractivity (Wildman–Crippen MR) is 60.6 cm³/mol. The molecule has 1 fully saturated rings. The summed E-state index contributed by atoms with van der Waals surface area (Å²) in [6.45, 7) is 0.578. The number of hydrogen-bond donors (Lipinski definition) is 2. The van der Waals surface area contributed by atoms with Gasteiger partial charge in [0.1, 0.15) is 11.3 Å². The Morgan fingerprint density at radius 1 is 1.44 bits per heavy atom. The third kappa shape index (κ3) is 1.19. The average Bonchev–Trinajstić information content (AvgIpc) is 2.62. The Hall–Kier alpha value is -1.42. The number of halogens is 1. The van der Waals surface area contributed by atoms with Crippen molar-refractivity contribution in [3.05, 3.63) is 29.8 Å². The molecule has 3 nitrogen and oxygen atoms in total. The first-order valence-electron chi connectivity index (χ1n) is 5.60. The molecule has 3 N–H and O–H groups in total. The molecule has 0 unspecified atom stereocenters. The van der Waals surface area contributed by atoms with E-state index in [4.69, 9.17) is 5.73 Å². The summed E-state index contributed by atoms with van der Waals surface area (Å²) in [4.78, 5) is 7.57. The van der Waals surface area contributed by atoms with Gasteiger partial charge in [0.15, 0.2) is 5.82 Å². The van der Waals surface area contributed by atoms with Gasteiger partial charge in [-0.05, 0) is 25.0 Å². The second-order valence-electron chi connectivity index (χ2n) is 4.56. The Morgan fingerprint density at radius 3 is 2.81 bits per heavy atom. The van der Waals surface area contributed by atoms with Crippen LogP contribution >= 0.6 is 0 Å². The summed E-state index contributed by atoms with van der Waals surface area (Å²) >= 11 is 0. The van der Waals surface area contributed by atoms with Crippen LogP contribution in [0.2, 0.25) is 0 Å². The molecule has 4 heteroatoms. The molecule has 1 saturated carbocycles. The Bertz CT molecular complexity index is 523. The van der Waals surface area contributed by atoms with Crippen LogP contribution in [0.5, 0.6) is 0 Å². The lowest BCUT2D eigenvalue weighted by Crippen LogP contribution is -2.42. The van der Waals surface area contributed by atoms with Crippen LogP contribution in [0.3, 0.4) is 0 Å². The fourth-order valence-corrected chi connectivity index (χ4v) is 2.39. The lowest BCUT2D eigenvalue weighted by molar-refractivity contribution is 0.240. The van der Waals surface area contributed by atoms with E-state index in [1.165, 1.54) is 12.5 Å². The summed E-state index contributed by atoms with van der Waals surface area (Å²) in [6, 6.07) is 4.97. The molecule has 2 aromatic rings. The molecule has 0 spiro atoms. The fourth-order valence-electron chi connectivity index (χ4n) is 2.39. The zero-order valence-electron chi connectivity index (χ0n) is 8.96. The van der Waals surface area contributed by atoms with Crippen LogP contribution in [0.15, 0.2) is 18.2 Å². The van der Waals surface area contributed by atoms with Crippen LogP contribution in [0, 0.1) is 5.82 Å². The maximum atomic E-state index is 13.5. The number of rotatable bonds is 2. The summed E-state index contributed by atoms with van der Waals surface area (Å²) in [5, 5.41) is 0. The van der Waals surface area contributed by atoms with Gasteiger partial charge in [-0.2, -0.15) is 0 Å². The number of hydrogen-bond acceptors (Lipinski definition) is 2. The first-order valence-corrected chi connectivity index (χ1v) is 5.60. The van der Waals surface area contributed by atoms with Gasteiger partial charge < -0.3 is 10.7 Å². The number of fused-ring (bicyclic) bond motifs is 1. The van der Waals surface area contributed by atoms with Gasteiger partial charge in [-0.15, -0.1) is 0 Å². The minimum absolute atomic E-state index is 0.0363. The normalized spacial score (nSPS) is 18.6. The number of para-hydroxylation sites is 1. The van der Waals surface area contributed by atoms with Crippen molar-refractivity contribution in [1.82, 2.24) is 9.97 Å². The monoisotopic (exact) mass is 219 g/mol. The standard InChI is InChI=1S/C12H14FN3/c13-8-3-1-4-9-10(8)16-11(15-9)12(7-14)5-2-6-12/h1,3-4H,2,5-7,14H2,(H,15,16). The van der Waals surface area contributed by atoms with Crippen LogP contribution in [-0.4, -0.2) is 16.5 Å². The van der Waals surface area contributed by atoms with E-state index in [-0.39, 0.29) is 11.2 Å². The van der Waals surface area contributed by atoms with Gasteiger partial charge in [0.05, 0.1) is 5.52 Å². The number of nitrogens with zero attached hydrogens (tertiary/aromatic N) is 1. The first-order chi connectivity index (χ1) is 7.75. The maximum absolute atomic E-state index is 13.5. The van der Waals surface area contributed by atoms with E-state index in [2.05, 4.69) is 9.97 Å². The lowest BCUT2D eigenvalue weighted by atomic mass is 9.68. The summed E-state index contributed by atoms with van der Waals surface area (Å²) < 4.78 is 13.5. The average molecular weight is 219 g/mol. The molecule has 1 aromatic heterocycles. The van der Waals surface area contributed by atoms with E-state index in [0.717, 1.165) is 24.2 Å². The van der Waals surface area contributed by atoms with Gasteiger partial charge in [0.25, 0.3) is 0 Å². The lowest BCUT2D eigenvalue weighted by Gasteiger charge is -2.38. The van der Waals surface area contributed by atoms with Crippen molar-refractivity contribution in [1.29, 1.82) is 0 Å². The summed E-state index contributed by atoms with van der Waals surface area (Å²) in [6.07, 6.45) is 3.27. The molecule has 1 aliphatic rings. The van der Waals surface area contributed by atoms with Gasteiger partial charge in [-0.1, -0.05) is 12.5 Å². The summed E-state index contributed by atoms with van der Waals surface area (Å²) in [7, 11) is 0. The molecule has 3 rings (SSSR count). The van der Waals surface area contributed by atoms with E-state index in [0.29, 0.717) is 12.1 Å². The minimum atomic E-state index is -0.272. The van der Waals surface area contributed by atoms with Crippen LogP contribution < -0.4 is 5.73 Å². The van der Waals surface area contributed by atoms with Gasteiger partial charge in [0, 0.05) is 12.0 Å². The molecule has 84 valence electrons. The molecule has 1 heterocycles. The minimum Gasteiger partial charge on any atom is -0.341 e. The van der Waals surface area contributed by atoms with Crippen molar-refractivity contribution >= 4 is 11.0 Å². The number of aromatic amines is 1. The number of nitrogens with two attached hydrogens (primary N) is 1. The maximum Gasteiger partial charge on any atom is 0.151 e. The molecule has 0 atom stereocenters. The molecule has 16 heavy (non-hydrogen) atoms. The topological polar surface area (TPSA) is 54.7 Å². The van der Waals surface area contributed by atoms with Gasteiger partial charge in [0.2, 0.25) is 0 Å². The molecule has 0 saturated heterocycles. The van der Waals surface area contributed by atoms with E-state index >= 15 is 0 Å². The Labute approximate surface area is 92.9 Å². The zero-order chi connectivity index (χ0) is 11.2. The zero-order valence-corrected chi connectivity index (χ0v) is 8.96.